The number of benzene rings is 1. The number of amides is 1. The summed E-state index contributed by atoms with van der Waals surface area (Å²) >= 11 is 0. The van der Waals surface area contributed by atoms with Gasteiger partial charge in [0.2, 0.25) is 17.7 Å². The van der Waals surface area contributed by atoms with Gasteiger partial charge in [0.25, 0.3) is 0 Å². The van der Waals surface area contributed by atoms with Crippen molar-refractivity contribution in [2.24, 2.45) is 0 Å². The molecule has 1 aliphatic heterocycles. The highest BCUT2D eigenvalue weighted by molar-refractivity contribution is 5.77. The highest BCUT2D eigenvalue weighted by Crippen LogP contribution is 2.28. The second-order valence-corrected chi connectivity index (χ2v) is 6.33. The Hall–Kier alpha value is -2.17. The van der Waals surface area contributed by atoms with Crippen LogP contribution >= 0.6 is 0 Å². The van der Waals surface area contributed by atoms with Gasteiger partial charge in [-0.1, -0.05) is 37.3 Å². The van der Waals surface area contributed by atoms with Crippen molar-refractivity contribution in [1.29, 1.82) is 0 Å². The van der Waals surface area contributed by atoms with Crippen molar-refractivity contribution in [2.75, 3.05) is 13.1 Å². The van der Waals surface area contributed by atoms with E-state index in [4.69, 9.17) is 4.42 Å². The van der Waals surface area contributed by atoms with Crippen molar-refractivity contribution in [2.45, 2.75) is 44.9 Å². The fraction of sp³-hybridized carbons (Fsp3) is 0.500. The minimum atomic E-state index is 0.238. The van der Waals surface area contributed by atoms with Gasteiger partial charge < -0.3 is 9.32 Å². The normalized spacial score (nSPS) is 17.2. The van der Waals surface area contributed by atoms with Crippen molar-refractivity contribution in [3.63, 3.8) is 0 Å². The lowest BCUT2D eigenvalue weighted by atomic mass is 9.94. The molecule has 122 valence electrons. The molecular formula is C18H23N3O2. The first-order valence-corrected chi connectivity index (χ1v) is 8.26. The second kappa shape index (κ2) is 6.94. The summed E-state index contributed by atoms with van der Waals surface area (Å²) in [5.74, 6) is 2.09. The summed E-state index contributed by atoms with van der Waals surface area (Å²) in [6.07, 6.45) is 2.36. The number of piperidine rings is 1. The molecular weight excluding hydrogens is 290 g/mol. The Morgan fingerprint density at radius 1 is 1.26 bits per heavy atom. The quantitative estimate of drug-likeness (QED) is 0.869. The first kappa shape index (κ1) is 15.7. The maximum absolute atomic E-state index is 12.5. The molecule has 2 heterocycles. The summed E-state index contributed by atoms with van der Waals surface area (Å²) in [7, 11) is 0. The third-order valence-corrected chi connectivity index (χ3v) is 4.59. The second-order valence-electron chi connectivity index (χ2n) is 6.33. The molecule has 1 aliphatic rings. The first-order valence-electron chi connectivity index (χ1n) is 8.26. The Morgan fingerprint density at radius 2 is 1.96 bits per heavy atom. The highest BCUT2D eigenvalue weighted by Gasteiger charge is 2.27. The van der Waals surface area contributed by atoms with E-state index >= 15 is 0 Å². The van der Waals surface area contributed by atoms with Gasteiger partial charge in [-0.05, 0) is 24.3 Å². The van der Waals surface area contributed by atoms with E-state index in [0.29, 0.717) is 18.2 Å². The molecule has 0 radical (unpaired) electrons. The Kier molecular flexibility index (Phi) is 4.74. The van der Waals surface area contributed by atoms with Crippen LogP contribution in [0.2, 0.25) is 0 Å². The molecule has 3 rings (SSSR count). The topological polar surface area (TPSA) is 59.2 Å². The number of hydrogen-bond acceptors (Lipinski definition) is 4. The molecule has 1 saturated heterocycles. The van der Waals surface area contributed by atoms with Gasteiger partial charge in [0, 0.05) is 32.4 Å². The maximum Gasteiger partial charge on any atom is 0.223 e. The zero-order valence-electron chi connectivity index (χ0n) is 13.7. The summed E-state index contributed by atoms with van der Waals surface area (Å²) in [5.41, 5.74) is 1.22. The van der Waals surface area contributed by atoms with E-state index < -0.39 is 0 Å². The van der Waals surface area contributed by atoms with E-state index in [0.717, 1.165) is 25.9 Å². The SMILES string of the molecule is Cc1nnc(C2CCN(C(=O)CC(C)c3ccccc3)CC2)o1. The Morgan fingerprint density at radius 3 is 2.57 bits per heavy atom. The van der Waals surface area contributed by atoms with Crippen LogP contribution in [-0.2, 0) is 4.79 Å². The highest BCUT2D eigenvalue weighted by atomic mass is 16.4. The molecule has 1 aromatic carbocycles. The molecule has 2 aromatic rings. The van der Waals surface area contributed by atoms with Crippen LogP contribution in [0.5, 0.6) is 0 Å². The Balaban J connectivity index is 1.52. The van der Waals surface area contributed by atoms with Crippen LogP contribution in [0.15, 0.2) is 34.7 Å². The number of hydrogen-bond donors (Lipinski definition) is 0. The summed E-state index contributed by atoms with van der Waals surface area (Å²) in [4.78, 5) is 14.5. The van der Waals surface area contributed by atoms with Crippen LogP contribution in [0.3, 0.4) is 0 Å². The minimum absolute atomic E-state index is 0.238. The summed E-state index contributed by atoms with van der Waals surface area (Å²) in [6.45, 7) is 5.46. The molecule has 0 spiro atoms. The molecule has 1 atom stereocenters. The van der Waals surface area contributed by atoms with E-state index in [1.807, 2.05) is 23.1 Å². The molecule has 0 aliphatic carbocycles. The van der Waals surface area contributed by atoms with Gasteiger partial charge in [0.1, 0.15) is 0 Å². The zero-order chi connectivity index (χ0) is 16.2. The van der Waals surface area contributed by atoms with E-state index in [1.54, 1.807) is 6.92 Å². The van der Waals surface area contributed by atoms with Crippen LogP contribution < -0.4 is 0 Å². The number of carbonyl (C=O) groups excluding carboxylic acids is 1. The molecule has 1 amide bonds. The maximum atomic E-state index is 12.5. The third kappa shape index (κ3) is 3.78. The number of nitrogens with zero attached hydrogens (tertiary/aromatic N) is 3. The predicted octanol–water partition coefficient (Wildman–Crippen LogP) is 3.28. The van der Waals surface area contributed by atoms with Gasteiger partial charge >= 0.3 is 0 Å². The van der Waals surface area contributed by atoms with Crippen molar-refractivity contribution >= 4 is 5.91 Å². The zero-order valence-corrected chi connectivity index (χ0v) is 13.7. The van der Waals surface area contributed by atoms with Crippen LogP contribution in [-0.4, -0.2) is 34.1 Å². The average molecular weight is 313 g/mol. The molecule has 1 fully saturated rings. The van der Waals surface area contributed by atoms with Gasteiger partial charge in [0.15, 0.2) is 0 Å². The van der Waals surface area contributed by atoms with E-state index in [9.17, 15) is 4.79 Å². The van der Waals surface area contributed by atoms with Crippen LogP contribution in [0, 0.1) is 6.92 Å². The summed E-state index contributed by atoms with van der Waals surface area (Å²) < 4.78 is 5.52. The third-order valence-electron chi connectivity index (χ3n) is 4.59. The molecule has 0 saturated carbocycles. The predicted molar refractivity (Wildman–Crippen MR) is 87.1 cm³/mol. The van der Waals surface area contributed by atoms with Crippen LogP contribution in [0.25, 0.3) is 0 Å². The van der Waals surface area contributed by atoms with Crippen molar-refractivity contribution < 1.29 is 9.21 Å². The standard InChI is InChI=1S/C18H23N3O2/c1-13(15-6-4-3-5-7-15)12-17(22)21-10-8-16(9-11-21)18-20-19-14(2)23-18/h3-7,13,16H,8-12H2,1-2H3. The fourth-order valence-electron chi connectivity index (χ4n) is 3.14. The van der Waals surface area contributed by atoms with E-state index in [-0.39, 0.29) is 17.7 Å². The first-order chi connectivity index (χ1) is 11.1. The lowest BCUT2D eigenvalue weighted by Gasteiger charge is -2.31. The Bertz CT molecular complexity index is 645. The van der Waals surface area contributed by atoms with E-state index in [2.05, 4.69) is 29.3 Å². The van der Waals surface area contributed by atoms with Gasteiger partial charge in [-0.25, -0.2) is 0 Å². The summed E-state index contributed by atoms with van der Waals surface area (Å²) in [6, 6.07) is 10.2. The molecule has 0 bridgehead atoms. The fourth-order valence-corrected chi connectivity index (χ4v) is 3.14. The van der Waals surface area contributed by atoms with Crippen molar-refractivity contribution in [3.8, 4) is 0 Å². The van der Waals surface area contributed by atoms with Gasteiger partial charge in [-0.3, -0.25) is 4.79 Å². The monoisotopic (exact) mass is 313 g/mol. The Labute approximate surface area is 136 Å². The largest absolute Gasteiger partial charge is 0.425 e. The smallest absolute Gasteiger partial charge is 0.223 e. The number of aryl methyl sites for hydroxylation is 1. The van der Waals surface area contributed by atoms with Gasteiger partial charge in [-0.2, -0.15) is 0 Å². The lowest BCUT2D eigenvalue weighted by molar-refractivity contribution is -0.132. The number of carbonyl (C=O) groups is 1. The van der Waals surface area contributed by atoms with E-state index in [1.165, 1.54) is 5.56 Å². The molecule has 5 heteroatoms. The number of likely N-dealkylation sites (tertiary alicyclic amines) is 1. The summed E-state index contributed by atoms with van der Waals surface area (Å²) in [5, 5.41) is 8.00. The van der Waals surface area contributed by atoms with Crippen LogP contribution in [0.4, 0.5) is 0 Å². The molecule has 1 unspecified atom stereocenters. The lowest BCUT2D eigenvalue weighted by Crippen LogP contribution is -2.38. The molecule has 5 nitrogen and oxygen atoms in total. The molecule has 23 heavy (non-hydrogen) atoms. The number of rotatable bonds is 4. The molecule has 0 N–H and O–H groups in total. The number of aromatic nitrogens is 2. The minimum Gasteiger partial charge on any atom is -0.425 e. The van der Waals surface area contributed by atoms with Gasteiger partial charge in [-0.15, -0.1) is 10.2 Å². The van der Waals surface area contributed by atoms with Crippen LogP contribution in [0.1, 0.15) is 55.4 Å². The van der Waals surface area contributed by atoms with Crippen molar-refractivity contribution in [1.82, 2.24) is 15.1 Å². The average Bonchev–Trinajstić information content (AvgIpc) is 3.02. The van der Waals surface area contributed by atoms with Crippen molar-refractivity contribution in [3.05, 3.63) is 47.7 Å². The molecule has 1 aromatic heterocycles. The van der Waals surface area contributed by atoms with Gasteiger partial charge in [0.05, 0.1) is 0 Å².